The highest BCUT2D eigenvalue weighted by Gasteiger charge is 2.31. The number of para-hydroxylation sites is 1. The Bertz CT molecular complexity index is 818. The summed E-state index contributed by atoms with van der Waals surface area (Å²) in [4.78, 5) is 26.6. The molecule has 25 heavy (non-hydrogen) atoms. The van der Waals surface area contributed by atoms with Gasteiger partial charge < -0.3 is 10.2 Å². The molecule has 2 aromatic rings. The lowest BCUT2D eigenvalue weighted by molar-refractivity contribution is -0.131. The Morgan fingerprint density at radius 2 is 1.88 bits per heavy atom. The summed E-state index contributed by atoms with van der Waals surface area (Å²) in [6.07, 6.45) is 3.96. The van der Waals surface area contributed by atoms with E-state index in [1.165, 1.54) is 6.20 Å². The van der Waals surface area contributed by atoms with Crippen LogP contribution in [0.3, 0.4) is 0 Å². The highest BCUT2D eigenvalue weighted by atomic mass is 16.2. The first-order valence-corrected chi connectivity index (χ1v) is 9.16. The van der Waals surface area contributed by atoms with Crippen LogP contribution in [0.4, 0.5) is 0 Å². The van der Waals surface area contributed by atoms with Gasteiger partial charge in [0.15, 0.2) is 0 Å². The van der Waals surface area contributed by atoms with Gasteiger partial charge in [-0.15, -0.1) is 0 Å². The van der Waals surface area contributed by atoms with Gasteiger partial charge in [0.2, 0.25) is 11.3 Å². The van der Waals surface area contributed by atoms with Crippen molar-refractivity contribution in [3.63, 3.8) is 0 Å². The van der Waals surface area contributed by atoms with Gasteiger partial charge >= 0.3 is 0 Å². The van der Waals surface area contributed by atoms with Crippen molar-refractivity contribution in [1.29, 1.82) is 0 Å². The summed E-state index contributed by atoms with van der Waals surface area (Å²) in [6, 6.07) is 7.43. The van der Waals surface area contributed by atoms with Gasteiger partial charge in [-0.25, -0.2) is 0 Å². The predicted molar refractivity (Wildman–Crippen MR) is 96.3 cm³/mol. The van der Waals surface area contributed by atoms with Crippen molar-refractivity contribution in [1.82, 2.24) is 20.0 Å². The molecule has 2 aliphatic heterocycles. The predicted octanol–water partition coefficient (Wildman–Crippen LogP) is 1.24. The minimum atomic E-state index is -0.0779. The third-order valence-electron chi connectivity index (χ3n) is 5.67. The number of hydrogen-bond donors (Lipinski definition) is 1. The van der Waals surface area contributed by atoms with Gasteiger partial charge in [0.25, 0.3) is 0 Å². The number of hydrogen-bond acceptors (Lipinski definition) is 4. The fourth-order valence-corrected chi connectivity index (χ4v) is 4.17. The number of aryl methyl sites for hydroxylation is 1. The third kappa shape index (κ3) is 3.31. The van der Waals surface area contributed by atoms with Crippen LogP contribution in [0, 0.1) is 11.8 Å². The van der Waals surface area contributed by atoms with Crippen LogP contribution in [0.5, 0.6) is 0 Å². The highest BCUT2D eigenvalue weighted by molar-refractivity contribution is 5.79. The highest BCUT2D eigenvalue weighted by Crippen LogP contribution is 2.27. The Kier molecular flexibility index (Phi) is 4.53. The molecule has 0 unspecified atom stereocenters. The molecule has 0 radical (unpaired) electrons. The number of nitrogens with one attached hydrogen (secondary N) is 1. The summed E-state index contributed by atoms with van der Waals surface area (Å²) in [7, 11) is 0. The number of nitrogens with zero attached hydrogens (tertiary/aromatic N) is 3. The van der Waals surface area contributed by atoms with E-state index in [1.807, 2.05) is 23.1 Å². The number of carbonyl (C=O) groups excluding carboxylic acids is 1. The van der Waals surface area contributed by atoms with Crippen molar-refractivity contribution >= 4 is 16.8 Å². The topological polar surface area (TPSA) is 67.2 Å². The minimum Gasteiger partial charge on any atom is -0.343 e. The van der Waals surface area contributed by atoms with E-state index in [0.29, 0.717) is 18.4 Å². The first-order valence-electron chi connectivity index (χ1n) is 9.16. The van der Waals surface area contributed by atoms with Gasteiger partial charge in [0.1, 0.15) is 0 Å². The van der Waals surface area contributed by atoms with Crippen molar-refractivity contribution in [2.75, 3.05) is 26.2 Å². The molecule has 0 bridgehead atoms. The largest absolute Gasteiger partial charge is 0.343 e. The molecule has 2 atom stereocenters. The zero-order valence-electron chi connectivity index (χ0n) is 14.4. The number of rotatable bonds is 3. The Balaban J connectivity index is 1.42. The molecular weight excluding hydrogens is 316 g/mol. The third-order valence-corrected chi connectivity index (χ3v) is 5.67. The number of aromatic nitrogens is 2. The van der Waals surface area contributed by atoms with E-state index in [-0.39, 0.29) is 11.3 Å². The maximum Gasteiger partial charge on any atom is 0.224 e. The second-order valence-electron chi connectivity index (χ2n) is 7.14. The SMILES string of the molecule is O=C(CCn1ncc(=O)c2ccccc21)N1CC[C@@H]2CNC[C@@H]2CC1. The summed E-state index contributed by atoms with van der Waals surface area (Å²) in [6.45, 7) is 4.42. The summed E-state index contributed by atoms with van der Waals surface area (Å²) >= 11 is 0. The maximum absolute atomic E-state index is 12.7. The van der Waals surface area contributed by atoms with Gasteiger partial charge in [-0.1, -0.05) is 12.1 Å². The van der Waals surface area contributed by atoms with Crippen molar-refractivity contribution < 1.29 is 4.79 Å². The van der Waals surface area contributed by atoms with Crippen LogP contribution >= 0.6 is 0 Å². The number of fused-ring (bicyclic) bond motifs is 2. The second-order valence-corrected chi connectivity index (χ2v) is 7.14. The van der Waals surface area contributed by atoms with E-state index in [4.69, 9.17) is 0 Å². The van der Waals surface area contributed by atoms with Gasteiger partial charge in [-0.3, -0.25) is 14.3 Å². The van der Waals surface area contributed by atoms with Gasteiger partial charge in [0.05, 0.1) is 18.3 Å². The van der Waals surface area contributed by atoms with Gasteiger partial charge in [-0.2, -0.15) is 5.10 Å². The van der Waals surface area contributed by atoms with E-state index in [1.54, 1.807) is 10.7 Å². The standard InChI is InChI=1S/C19H24N4O2/c24-18-13-21-23(17-4-2-1-3-16(17)18)10-7-19(25)22-8-5-14-11-20-12-15(14)6-9-22/h1-4,13-15,20H,5-12H2/t14-,15+. The average Bonchev–Trinajstić information content (AvgIpc) is 2.99. The lowest BCUT2D eigenvalue weighted by atomic mass is 9.92. The molecule has 0 spiro atoms. The Hall–Kier alpha value is -2.21. The monoisotopic (exact) mass is 340 g/mol. The Morgan fingerprint density at radius 3 is 2.64 bits per heavy atom. The first kappa shape index (κ1) is 16.3. The van der Waals surface area contributed by atoms with Crippen LogP contribution in [0.1, 0.15) is 19.3 Å². The van der Waals surface area contributed by atoms with E-state index in [2.05, 4.69) is 10.4 Å². The van der Waals surface area contributed by atoms with Gasteiger partial charge in [-0.05, 0) is 49.9 Å². The fourth-order valence-electron chi connectivity index (χ4n) is 4.17. The molecule has 132 valence electrons. The summed E-state index contributed by atoms with van der Waals surface area (Å²) in [5, 5.41) is 8.33. The number of likely N-dealkylation sites (tertiary alicyclic amines) is 1. The number of benzene rings is 1. The molecule has 6 nitrogen and oxygen atoms in total. The van der Waals surface area contributed by atoms with Crippen molar-refractivity contribution in [3.8, 4) is 0 Å². The molecule has 1 aromatic carbocycles. The lowest BCUT2D eigenvalue weighted by Gasteiger charge is -2.21. The van der Waals surface area contributed by atoms with E-state index in [9.17, 15) is 9.59 Å². The van der Waals surface area contributed by atoms with Crippen LogP contribution in [-0.4, -0.2) is 46.8 Å². The summed E-state index contributed by atoms with van der Waals surface area (Å²) in [5.74, 6) is 1.64. The Labute approximate surface area is 146 Å². The number of amides is 1. The molecule has 1 N–H and O–H groups in total. The molecule has 1 aromatic heterocycles. The first-order chi connectivity index (χ1) is 12.2. The summed E-state index contributed by atoms with van der Waals surface area (Å²) < 4.78 is 1.77. The lowest BCUT2D eigenvalue weighted by Crippen LogP contribution is -2.33. The molecular formula is C19H24N4O2. The minimum absolute atomic E-state index is 0.0779. The van der Waals surface area contributed by atoms with Gasteiger partial charge in [0, 0.05) is 24.9 Å². The zero-order valence-corrected chi connectivity index (χ0v) is 14.4. The van der Waals surface area contributed by atoms with Crippen molar-refractivity contribution in [2.24, 2.45) is 11.8 Å². The van der Waals surface area contributed by atoms with E-state index < -0.39 is 0 Å². The van der Waals surface area contributed by atoms with E-state index in [0.717, 1.165) is 56.4 Å². The molecule has 4 rings (SSSR count). The second kappa shape index (κ2) is 6.96. The number of carbonyl (C=O) groups is 1. The molecule has 2 fully saturated rings. The van der Waals surface area contributed by atoms with Crippen molar-refractivity contribution in [3.05, 3.63) is 40.7 Å². The van der Waals surface area contributed by atoms with Crippen LogP contribution in [0.15, 0.2) is 35.3 Å². The fraction of sp³-hybridized carbons (Fsp3) is 0.526. The summed E-state index contributed by atoms with van der Waals surface area (Å²) in [5.41, 5.74) is 0.713. The van der Waals surface area contributed by atoms with E-state index >= 15 is 0 Å². The maximum atomic E-state index is 12.7. The van der Waals surface area contributed by atoms with Crippen LogP contribution < -0.4 is 10.7 Å². The van der Waals surface area contributed by atoms with Crippen LogP contribution in [-0.2, 0) is 11.3 Å². The smallest absolute Gasteiger partial charge is 0.224 e. The molecule has 0 saturated carbocycles. The Morgan fingerprint density at radius 1 is 1.16 bits per heavy atom. The molecule has 6 heteroatoms. The average molecular weight is 340 g/mol. The zero-order chi connectivity index (χ0) is 17.2. The van der Waals surface area contributed by atoms with Crippen molar-refractivity contribution in [2.45, 2.75) is 25.8 Å². The normalized spacial score (nSPS) is 23.4. The molecule has 0 aliphatic carbocycles. The molecule has 2 saturated heterocycles. The molecule has 1 amide bonds. The van der Waals surface area contributed by atoms with Crippen LogP contribution in [0.25, 0.3) is 10.9 Å². The quantitative estimate of drug-likeness (QED) is 0.913. The molecule has 2 aliphatic rings. The molecule has 3 heterocycles. The van der Waals surface area contributed by atoms with Crippen LogP contribution in [0.2, 0.25) is 0 Å².